The zero-order valence-corrected chi connectivity index (χ0v) is 21.1. The number of hydrogen-bond donors (Lipinski definition) is 1. The molecule has 4 rings (SSSR count). The second-order valence-electron chi connectivity index (χ2n) is 9.77. The molecule has 0 saturated heterocycles. The Morgan fingerprint density at radius 3 is 2.35 bits per heavy atom. The Bertz CT molecular complexity index is 1240. The molecule has 1 aliphatic carbocycles. The van der Waals surface area contributed by atoms with Gasteiger partial charge in [-0.25, -0.2) is 0 Å². The van der Waals surface area contributed by atoms with Crippen LogP contribution in [0.3, 0.4) is 0 Å². The fraction of sp³-hybridized carbons (Fsp3) is 0.333. The largest absolute Gasteiger partial charge is 0.352 e. The minimum atomic E-state index is -0.751. The summed E-state index contributed by atoms with van der Waals surface area (Å²) in [5.74, 6) is -0.502. The van der Waals surface area contributed by atoms with E-state index in [4.69, 9.17) is 0 Å². The van der Waals surface area contributed by atoms with Crippen LogP contribution in [0.1, 0.15) is 47.9 Å². The lowest BCUT2D eigenvalue weighted by Gasteiger charge is -2.32. The number of aryl methyl sites for hydroxylation is 1. The van der Waals surface area contributed by atoms with Crippen molar-refractivity contribution in [1.29, 1.82) is 0 Å². The van der Waals surface area contributed by atoms with Crippen molar-refractivity contribution in [2.75, 3.05) is 0 Å². The van der Waals surface area contributed by atoms with E-state index >= 15 is 0 Å². The normalized spacial score (nSPS) is 14.2. The zero-order chi connectivity index (χ0) is 26.2. The molecular formula is C30H33N3O4. The molecule has 1 atom stereocenters. The summed E-state index contributed by atoms with van der Waals surface area (Å²) in [6.45, 7) is 2.22. The van der Waals surface area contributed by atoms with E-state index in [1.165, 1.54) is 6.07 Å². The van der Waals surface area contributed by atoms with Gasteiger partial charge in [0.05, 0.1) is 11.3 Å². The van der Waals surface area contributed by atoms with Gasteiger partial charge in [-0.2, -0.15) is 0 Å². The maximum atomic E-state index is 13.9. The molecular weight excluding hydrogens is 466 g/mol. The number of rotatable bonds is 10. The Hall–Kier alpha value is -4.00. The summed E-state index contributed by atoms with van der Waals surface area (Å²) in [7, 11) is 0. The number of nitro groups is 1. The van der Waals surface area contributed by atoms with Crippen LogP contribution in [0.5, 0.6) is 0 Å². The van der Waals surface area contributed by atoms with Gasteiger partial charge in [-0.3, -0.25) is 19.7 Å². The van der Waals surface area contributed by atoms with E-state index in [2.05, 4.69) is 5.32 Å². The SMILES string of the molecule is Cc1cccc(CN(C(=O)Cc2ccccc2[N+](=O)[O-])[C@H](Cc2ccccc2)C(=O)NC2CCCC2)c1. The first-order valence-corrected chi connectivity index (χ1v) is 12.8. The van der Waals surface area contributed by atoms with Crippen LogP contribution in [-0.2, 0) is 29.0 Å². The van der Waals surface area contributed by atoms with Crippen LogP contribution in [0.4, 0.5) is 5.69 Å². The molecule has 0 spiro atoms. The van der Waals surface area contributed by atoms with Gasteiger partial charge in [0, 0.05) is 30.6 Å². The third-order valence-electron chi connectivity index (χ3n) is 6.94. The summed E-state index contributed by atoms with van der Waals surface area (Å²) in [5, 5.41) is 14.8. The van der Waals surface area contributed by atoms with E-state index in [0.717, 1.165) is 42.4 Å². The van der Waals surface area contributed by atoms with Crippen LogP contribution in [0, 0.1) is 17.0 Å². The molecule has 7 nitrogen and oxygen atoms in total. The highest BCUT2D eigenvalue weighted by atomic mass is 16.6. The summed E-state index contributed by atoms with van der Waals surface area (Å²) in [4.78, 5) is 40.3. The average molecular weight is 500 g/mol. The van der Waals surface area contributed by atoms with Crippen LogP contribution >= 0.6 is 0 Å². The highest BCUT2D eigenvalue weighted by Crippen LogP contribution is 2.23. The van der Waals surface area contributed by atoms with E-state index in [-0.39, 0.29) is 36.5 Å². The van der Waals surface area contributed by atoms with E-state index in [9.17, 15) is 19.7 Å². The van der Waals surface area contributed by atoms with Crippen LogP contribution in [-0.4, -0.2) is 33.7 Å². The van der Waals surface area contributed by atoms with Gasteiger partial charge in [-0.15, -0.1) is 0 Å². The lowest BCUT2D eigenvalue weighted by molar-refractivity contribution is -0.385. The van der Waals surface area contributed by atoms with Gasteiger partial charge in [0.2, 0.25) is 11.8 Å². The Kier molecular flexibility index (Phi) is 8.67. The Balaban J connectivity index is 1.69. The smallest absolute Gasteiger partial charge is 0.273 e. The van der Waals surface area contributed by atoms with E-state index in [1.54, 1.807) is 23.1 Å². The average Bonchev–Trinajstić information content (AvgIpc) is 3.40. The van der Waals surface area contributed by atoms with Crippen molar-refractivity contribution in [2.45, 2.75) is 64.1 Å². The summed E-state index contributed by atoms with van der Waals surface area (Å²) in [5.41, 5.74) is 3.14. The summed E-state index contributed by atoms with van der Waals surface area (Å²) < 4.78 is 0. The third kappa shape index (κ3) is 7.03. The summed E-state index contributed by atoms with van der Waals surface area (Å²) >= 11 is 0. The molecule has 0 heterocycles. The predicted molar refractivity (Wildman–Crippen MR) is 143 cm³/mol. The number of benzene rings is 3. The van der Waals surface area contributed by atoms with Gasteiger partial charge in [0.1, 0.15) is 6.04 Å². The number of hydrogen-bond acceptors (Lipinski definition) is 4. The monoisotopic (exact) mass is 499 g/mol. The van der Waals surface area contributed by atoms with Crippen molar-refractivity contribution in [3.05, 3.63) is 111 Å². The number of nitrogens with one attached hydrogen (secondary N) is 1. The van der Waals surface area contributed by atoms with Crippen LogP contribution in [0.25, 0.3) is 0 Å². The van der Waals surface area contributed by atoms with Crippen molar-refractivity contribution < 1.29 is 14.5 Å². The van der Waals surface area contributed by atoms with Gasteiger partial charge in [-0.1, -0.05) is 91.2 Å². The molecule has 37 heavy (non-hydrogen) atoms. The first-order valence-electron chi connectivity index (χ1n) is 12.8. The number of carbonyl (C=O) groups is 2. The van der Waals surface area contributed by atoms with Crippen LogP contribution in [0.15, 0.2) is 78.9 Å². The first kappa shape index (κ1) is 26.1. The Labute approximate surface area is 217 Å². The molecule has 192 valence electrons. The quantitative estimate of drug-likeness (QED) is 0.309. The lowest BCUT2D eigenvalue weighted by Crippen LogP contribution is -2.52. The van der Waals surface area contributed by atoms with Crippen molar-refractivity contribution in [1.82, 2.24) is 10.2 Å². The molecule has 0 unspecified atom stereocenters. The molecule has 1 fully saturated rings. The molecule has 7 heteroatoms. The van der Waals surface area contributed by atoms with E-state index in [1.807, 2.05) is 61.5 Å². The molecule has 0 aliphatic heterocycles. The maximum Gasteiger partial charge on any atom is 0.273 e. The highest BCUT2D eigenvalue weighted by molar-refractivity contribution is 5.89. The van der Waals surface area contributed by atoms with Crippen molar-refractivity contribution in [3.63, 3.8) is 0 Å². The minimum absolute atomic E-state index is 0.0960. The number of para-hydroxylation sites is 1. The molecule has 0 radical (unpaired) electrons. The highest BCUT2D eigenvalue weighted by Gasteiger charge is 2.33. The summed E-state index contributed by atoms with van der Waals surface area (Å²) in [6.07, 6.45) is 4.23. The van der Waals surface area contributed by atoms with Crippen molar-refractivity contribution in [2.24, 2.45) is 0 Å². The fourth-order valence-electron chi connectivity index (χ4n) is 5.03. The molecule has 3 aromatic rings. The fourth-order valence-corrected chi connectivity index (χ4v) is 5.03. The standard InChI is InChI=1S/C30H33N3O4/c1-22-10-9-13-24(18-22)21-32(29(34)20-25-14-5-8-17-27(25)33(36)37)28(19-23-11-3-2-4-12-23)30(35)31-26-15-6-7-16-26/h2-5,8-14,17-18,26,28H,6-7,15-16,19-21H2,1H3,(H,31,35)/t28-/m1/s1. The van der Waals surface area contributed by atoms with Gasteiger partial charge in [-0.05, 0) is 30.9 Å². The molecule has 0 aromatic heterocycles. The van der Waals surface area contributed by atoms with Gasteiger partial charge < -0.3 is 10.2 Å². The Morgan fingerprint density at radius 1 is 0.973 bits per heavy atom. The number of amides is 2. The maximum absolute atomic E-state index is 13.9. The third-order valence-corrected chi connectivity index (χ3v) is 6.94. The van der Waals surface area contributed by atoms with Crippen molar-refractivity contribution in [3.8, 4) is 0 Å². The molecule has 2 amide bonds. The van der Waals surface area contributed by atoms with E-state index < -0.39 is 11.0 Å². The second-order valence-corrected chi connectivity index (χ2v) is 9.77. The predicted octanol–water partition coefficient (Wildman–Crippen LogP) is 5.14. The zero-order valence-electron chi connectivity index (χ0n) is 21.1. The second kappa shape index (κ2) is 12.3. The van der Waals surface area contributed by atoms with Gasteiger partial charge in [0.15, 0.2) is 0 Å². The number of carbonyl (C=O) groups excluding carboxylic acids is 2. The molecule has 1 saturated carbocycles. The lowest BCUT2D eigenvalue weighted by atomic mass is 10.0. The summed E-state index contributed by atoms with van der Waals surface area (Å²) in [6, 6.07) is 23.1. The molecule has 3 aromatic carbocycles. The Morgan fingerprint density at radius 2 is 1.65 bits per heavy atom. The van der Waals surface area contributed by atoms with Crippen molar-refractivity contribution >= 4 is 17.5 Å². The minimum Gasteiger partial charge on any atom is -0.352 e. The van der Waals surface area contributed by atoms with Crippen LogP contribution in [0.2, 0.25) is 0 Å². The molecule has 1 N–H and O–H groups in total. The van der Waals surface area contributed by atoms with Gasteiger partial charge in [0.25, 0.3) is 5.69 Å². The first-order chi connectivity index (χ1) is 17.9. The number of nitro benzene ring substituents is 1. The van der Waals surface area contributed by atoms with Gasteiger partial charge >= 0.3 is 0 Å². The molecule has 0 bridgehead atoms. The van der Waals surface area contributed by atoms with Crippen LogP contribution < -0.4 is 5.32 Å². The molecule has 1 aliphatic rings. The topological polar surface area (TPSA) is 92.6 Å². The number of nitrogens with zero attached hydrogens (tertiary/aromatic N) is 2. The van der Waals surface area contributed by atoms with E-state index in [0.29, 0.717) is 12.0 Å².